The minimum Gasteiger partial charge on any atom is -0.490 e. The summed E-state index contributed by atoms with van der Waals surface area (Å²) in [5.74, 6) is -0.0764. The summed E-state index contributed by atoms with van der Waals surface area (Å²) in [5, 5.41) is 2.23. The van der Waals surface area contributed by atoms with Gasteiger partial charge >= 0.3 is 6.03 Å². The Morgan fingerprint density at radius 2 is 1.91 bits per heavy atom. The Kier molecular flexibility index (Phi) is 7.23. The molecule has 0 atom stereocenters. The molecule has 10 heteroatoms. The van der Waals surface area contributed by atoms with Crippen molar-refractivity contribution < 1.29 is 27.1 Å². The quantitative estimate of drug-likeness (QED) is 0.353. The highest BCUT2D eigenvalue weighted by Gasteiger charge is 2.39. The average Bonchev–Trinajstić information content (AvgIpc) is 3.38. The number of halogens is 1. The molecule has 8 nitrogen and oxygen atoms in total. The van der Waals surface area contributed by atoms with Gasteiger partial charge in [-0.2, -0.15) is 0 Å². The van der Waals surface area contributed by atoms with Crippen LogP contribution in [0.5, 0.6) is 5.75 Å². The Balaban J connectivity index is 1.33. The van der Waals surface area contributed by atoms with E-state index in [1.165, 1.54) is 11.0 Å². The van der Waals surface area contributed by atoms with Crippen LogP contribution in [0.2, 0.25) is 0 Å². The minimum absolute atomic E-state index is 0.0217. The first-order valence-electron chi connectivity index (χ1n) is 11.8. The van der Waals surface area contributed by atoms with Crippen LogP contribution in [-0.4, -0.2) is 50.7 Å². The van der Waals surface area contributed by atoms with Gasteiger partial charge in [-0.15, -0.1) is 0 Å². The standard InChI is InChI=1S/C23H32FN3O5S/c24-19-9-8-18(14-20(19)32-16-17-6-7-17)23(10-2-3-11-23)26-33(30,31)13-5-1-4-12-27-15-21(28)25-22(27)29/h8-9,14,17,26H,1-7,10-13,15-16H2,(H,25,28,29). The fraction of sp³-hybridized carbons (Fsp3) is 0.652. The highest BCUT2D eigenvalue weighted by atomic mass is 32.2. The summed E-state index contributed by atoms with van der Waals surface area (Å²) in [5.41, 5.74) is 0.0126. The topological polar surface area (TPSA) is 105 Å². The first-order valence-corrected chi connectivity index (χ1v) is 13.4. The van der Waals surface area contributed by atoms with E-state index < -0.39 is 27.4 Å². The van der Waals surface area contributed by atoms with Crippen molar-refractivity contribution in [3.8, 4) is 5.75 Å². The van der Waals surface area contributed by atoms with Crippen molar-refractivity contribution in [1.29, 1.82) is 0 Å². The van der Waals surface area contributed by atoms with Crippen molar-refractivity contribution in [3.63, 3.8) is 0 Å². The first-order chi connectivity index (χ1) is 15.8. The smallest absolute Gasteiger partial charge is 0.324 e. The largest absolute Gasteiger partial charge is 0.490 e. The van der Waals surface area contributed by atoms with E-state index in [1.807, 2.05) is 0 Å². The number of sulfonamides is 1. The van der Waals surface area contributed by atoms with Crippen LogP contribution in [0.3, 0.4) is 0 Å². The zero-order valence-corrected chi connectivity index (χ0v) is 19.6. The van der Waals surface area contributed by atoms with Crippen LogP contribution in [0.1, 0.15) is 63.4 Å². The number of carbonyl (C=O) groups excluding carboxylic acids is 2. The number of nitrogens with zero attached hydrogens (tertiary/aromatic N) is 1. The fourth-order valence-corrected chi connectivity index (χ4v) is 6.22. The summed E-state index contributed by atoms with van der Waals surface area (Å²) in [6.07, 6.45) is 7.04. The molecule has 33 heavy (non-hydrogen) atoms. The van der Waals surface area contributed by atoms with Crippen molar-refractivity contribution in [2.45, 2.75) is 63.3 Å². The molecule has 3 fully saturated rings. The Labute approximate surface area is 194 Å². The van der Waals surface area contributed by atoms with Gasteiger partial charge < -0.3 is 9.64 Å². The van der Waals surface area contributed by atoms with Gasteiger partial charge in [-0.05, 0) is 62.1 Å². The molecule has 2 N–H and O–H groups in total. The van der Waals surface area contributed by atoms with Crippen molar-refractivity contribution in [2.24, 2.45) is 5.92 Å². The molecule has 0 aromatic heterocycles. The number of hydrogen-bond acceptors (Lipinski definition) is 5. The van der Waals surface area contributed by atoms with E-state index in [1.54, 1.807) is 12.1 Å². The Bertz CT molecular complexity index is 990. The number of rotatable bonds is 12. The van der Waals surface area contributed by atoms with Crippen LogP contribution in [0.15, 0.2) is 18.2 Å². The lowest BCUT2D eigenvalue weighted by Crippen LogP contribution is -2.44. The van der Waals surface area contributed by atoms with Crippen molar-refractivity contribution in [3.05, 3.63) is 29.6 Å². The van der Waals surface area contributed by atoms with Crippen LogP contribution < -0.4 is 14.8 Å². The Morgan fingerprint density at radius 1 is 1.15 bits per heavy atom. The third-order valence-electron chi connectivity index (χ3n) is 6.67. The van der Waals surface area contributed by atoms with Gasteiger partial charge in [0.2, 0.25) is 15.9 Å². The third-order valence-corrected chi connectivity index (χ3v) is 8.20. The molecule has 1 aliphatic heterocycles. The van der Waals surface area contributed by atoms with E-state index in [2.05, 4.69) is 10.0 Å². The summed E-state index contributed by atoms with van der Waals surface area (Å²) >= 11 is 0. The number of hydrogen-bond donors (Lipinski definition) is 2. The average molecular weight is 482 g/mol. The van der Waals surface area contributed by atoms with E-state index in [-0.39, 0.29) is 24.0 Å². The van der Waals surface area contributed by atoms with Crippen LogP contribution in [0, 0.1) is 11.7 Å². The molecule has 0 spiro atoms. The molecule has 4 rings (SSSR count). The molecule has 182 valence electrons. The zero-order valence-electron chi connectivity index (χ0n) is 18.8. The highest BCUT2D eigenvalue weighted by molar-refractivity contribution is 7.89. The van der Waals surface area contributed by atoms with Gasteiger partial charge in [-0.25, -0.2) is 22.3 Å². The summed E-state index contributed by atoms with van der Waals surface area (Å²) in [6, 6.07) is 4.30. The van der Waals surface area contributed by atoms with Gasteiger partial charge in [0.1, 0.15) is 6.54 Å². The molecule has 1 aromatic carbocycles. The molecule has 1 aromatic rings. The van der Waals surface area contributed by atoms with Gasteiger partial charge in [0, 0.05) is 6.54 Å². The number of imide groups is 1. The van der Waals surface area contributed by atoms with Crippen LogP contribution >= 0.6 is 0 Å². The number of unbranched alkanes of at least 4 members (excludes halogenated alkanes) is 2. The molecular formula is C23H32FN3O5S. The van der Waals surface area contributed by atoms with Gasteiger partial charge in [-0.1, -0.05) is 25.3 Å². The monoisotopic (exact) mass is 481 g/mol. The zero-order chi connectivity index (χ0) is 23.5. The molecular weight excluding hydrogens is 449 g/mol. The lowest BCUT2D eigenvalue weighted by Gasteiger charge is -2.31. The molecule has 1 saturated heterocycles. The molecule has 0 bridgehead atoms. The lowest BCUT2D eigenvalue weighted by molar-refractivity contribution is -0.118. The number of nitrogens with one attached hydrogen (secondary N) is 2. The summed E-state index contributed by atoms with van der Waals surface area (Å²) in [7, 11) is -3.56. The molecule has 0 radical (unpaired) electrons. The molecule has 2 aliphatic carbocycles. The number of benzene rings is 1. The van der Waals surface area contributed by atoms with Crippen molar-refractivity contribution >= 4 is 22.0 Å². The second-order valence-electron chi connectivity index (χ2n) is 9.45. The summed E-state index contributed by atoms with van der Waals surface area (Å²) in [6.45, 7) is 0.978. The van der Waals surface area contributed by atoms with Gasteiger partial charge in [-0.3, -0.25) is 10.1 Å². The molecule has 0 unspecified atom stereocenters. The fourth-order valence-electron chi connectivity index (χ4n) is 4.62. The molecule has 1 heterocycles. The minimum atomic E-state index is -3.56. The van der Waals surface area contributed by atoms with Crippen LogP contribution in [0.25, 0.3) is 0 Å². The maximum Gasteiger partial charge on any atom is 0.324 e. The first kappa shape index (κ1) is 23.9. The predicted octanol–water partition coefficient (Wildman–Crippen LogP) is 3.03. The molecule has 2 saturated carbocycles. The van der Waals surface area contributed by atoms with Crippen LogP contribution in [-0.2, 0) is 20.4 Å². The molecule has 3 aliphatic rings. The van der Waals surface area contributed by atoms with Gasteiger partial charge in [0.25, 0.3) is 0 Å². The second-order valence-corrected chi connectivity index (χ2v) is 11.3. The van der Waals surface area contributed by atoms with Crippen molar-refractivity contribution in [1.82, 2.24) is 14.9 Å². The predicted molar refractivity (Wildman–Crippen MR) is 121 cm³/mol. The Hall–Kier alpha value is -2.20. The number of ether oxygens (including phenoxy) is 1. The SMILES string of the molecule is O=C1CN(CCCCCS(=O)(=O)NC2(c3ccc(F)c(OCC4CC4)c3)CCCC2)C(=O)N1. The normalized spacial score (nSPS) is 20.3. The summed E-state index contributed by atoms with van der Waals surface area (Å²) < 4.78 is 48.7. The Morgan fingerprint density at radius 3 is 2.58 bits per heavy atom. The maximum atomic E-state index is 14.3. The molecule has 3 amide bonds. The van der Waals surface area contributed by atoms with Gasteiger partial charge in [0.15, 0.2) is 11.6 Å². The van der Waals surface area contributed by atoms with Crippen LogP contribution in [0.4, 0.5) is 9.18 Å². The van der Waals surface area contributed by atoms with E-state index in [9.17, 15) is 22.4 Å². The van der Waals surface area contributed by atoms with E-state index >= 15 is 0 Å². The number of urea groups is 1. The maximum absolute atomic E-state index is 14.3. The third kappa shape index (κ3) is 6.23. The van der Waals surface area contributed by atoms with Crippen molar-refractivity contribution in [2.75, 3.05) is 25.4 Å². The number of amides is 3. The lowest BCUT2D eigenvalue weighted by atomic mass is 9.89. The second kappa shape index (κ2) is 9.97. The number of carbonyl (C=O) groups is 2. The van der Waals surface area contributed by atoms with E-state index in [0.717, 1.165) is 31.2 Å². The summed E-state index contributed by atoms with van der Waals surface area (Å²) in [4.78, 5) is 24.2. The van der Waals surface area contributed by atoms with E-state index in [0.29, 0.717) is 51.2 Å². The van der Waals surface area contributed by atoms with E-state index in [4.69, 9.17) is 4.74 Å². The highest BCUT2D eigenvalue weighted by Crippen LogP contribution is 2.41. The van der Waals surface area contributed by atoms with Gasteiger partial charge in [0.05, 0.1) is 17.9 Å².